The van der Waals surface area contributed by atoms with E-state index in [9.17, 15) is 0 Å². The second-order valence-corrected chi connectivity index (χ2v) is 6.83. The second-order valence-electron chi connectivity index (χ2n) is 4.60. The summed E-state index contributed by atoms with van der Waals surface area (Å²) < 4.78 is 2.33. The molecule has 0 aliphatic carbocycles. The third-order valence-corrected chi connectivity index (χ3v) is 5.61. The molecule has 1 aliphatic rings. The number of thiophene rings is 1. The van der Waals surface area contributed by atoms with Crippen molar-refractivity contribution < 1.29 is 0 Å². The number of imidazole rings is 1. The first-order valence-corrected chi connectivity index (χ1v) is 8.35. The van der Waals surface area contributed by atoms with Crippen molar-refractivity contribution in [3.63, 3.8) is 0 Å². The van der Waals surface area contributed by atoms with Crippen LogP contribution < -0.4 is 0 Å². The van der Waals surface area contributed by atoms with Crippen LogP contribution in [0, 0.1) is 0 Å². The molecule has 0 radical (unpaired) electrons. The van der Waals surface area contributed by atoms with Crippen molar-refractivity contribution in [1.82, 2.24) is 14.5 Å². The van der Waals surface area contributed by atoms with Crippen molar-refractivity contribution in [3.8, 4) is 10.7 Å². The maximum Gasteiger partial charge on any atom is 0.161 e. The monoisotopic (exact) mass is 287 g/mol. The van der Waals surface area contributed by atoms with Crippen LogP contribution in [0.1, 0.15) is 18.2 Å². The molecule has 1 atom stereocenters. The van der Waals surface area contributed by atoms with Gasteiger partial charge in [-0.15, -0.1) is 23.1 Å². The van der Waals surface area contributed by atoms with E-state index in [1.54, 1.807) is 11.3 Å². The first-order valence-electron chi connectivity index (χ1n) is 6.42. The Morgan fingerprint density at radius 2 is 2.26 bits per heavy atom. The minimum absolute atomic E-state index is 0.483. The van der Waals surface area contributed by atoms with Gasteiger partial charge < -0.3 is 0 Å². The summed E-state index contributed by atoms with van der Waals surface area (Å²) in [5, 5.41) is 2.59. The van der Waals surface area contributed by atoms with Gasteiger partial charge in [-0.25, -0.2) is 9.97 Å². The number of fused-ring (bicyclic) bond motifs is 1. The molecule has 1 aliphatic heterocycles. The number of thioether (sulfide) groups is 1. The molecule has 0 bridgehead atoms. The predicted molar refractivity (Wildman–Crippen MR) is 81.6 cm³/mol. The highest BCUT2D eigenvalue weighted by molar-refractivity contribution is 7.99. The van der Waals surface area contributed by atoms with Gasteiger partial charge in [0.15, 0.2) is 11.5 Å². The lowest BCUT2D eigenvalue weighted by Gasteiger charge is -2.14. The quantitative estimate of drug-likeness (QED) is 0.708. The number of nitrogens with zero attached hydrogens (tertiary/aromatic N) is 3. The summed E-state index contributed by atoms with van der Waals surface area (Å²) in [6.07, 6.45) is 4.36. The van der Waals surface area contributed by atoms with E-state index in [2.05, 4.69) is 33.1 Å². The Bertz CT molecular complexity index is 697. The molecule has 0 spiro atoms. The van der Waals surface area contributed by atoms with Crippen LogP contribution in [0.5, 0.6) is 0 Å². The third-order valence-electron chi connectivity index (χ3n) is 3.38. The molecule has 0 aromatic carbocycles. The highest BCUT2D eigenvalue weighted by atomic mass is 32.2. The average molecular weight is 287 g/mol. The standard InChI is InChI=1S/C14H13N3S2/c1-4-10-13(15-7-1)17(12-6-3-9-19-12)14(16-10)11-5-2-8-18-11/h1-2,4-5,7-8,12H,3,6,9H2. The van der Waals surface area contributed by atoms with E-state index in [1.807, 2.05) is 24.0 Å². The molecule has 0 N–H and O–H groups in total. The van der Waals surface area contributed by atoms with E-state index >= 15 is 0 Å². The lowest BCUT2D eigenvalue weighted by atomic mass is 10.3. The molecule has 1 saturated heterocycles. The fourth-order valence-corrected chi connectivity index (χ4v) is 4.54. The number of hydrogen-bond donors (Lipinski definition) is 0. The molecule has 19 heavy (non-hydrogen) atoms. The van der Waals surface area contributed by atoms with Crippen LogP contribution in [0.2, 0.25) is 0 Å². The zero-order chi connectivity index (χ0) is 12.7. The fraction of sp³-hybridized carbons (Fsp3) is 0.286. The van der Waals surface area contributed by atoms with E-state index in [0.29, 0.717) is 5.37 Å². The highest BCUT2D eigenvalue weighted by Crippen LogP contribution is 2.41. The Morgan fingerprint density at radius 3 is 3.05 bits per heavy atom. The summed E-state index contributed by atoms with van der Waals surface area (Å²) in [4.78, 5) is 10.6. The van der Waals surface area contributed by atoms with E-state index < -0.39 is 0 Å². The molecule has 1 unspecified atom stereocenters. The molecule has 3 aromatic heterocycles. The second kappa shape index (κ2) is 4.65. The fourth-order valence-electron chi connectivity index (χ4n) is 2.55. The Morgan fingerprint density at radius 1 is 1.26 bits per heavy atom. The summed E-state index contributed by atoms with van der Waals surface area (Å²) in [5.74, 6) is 2.31. The molecule has 4 rings (SSSR count). The van der Waals surface area contributed by atoms with Crippen molar-refractivity contribution in [2.24, 2.45) is 0 Å². The number of hydrogen-bond acceptors (Lipinski definition) is 4. The van der Waals surface area contributed by atoms with Crippen LogP contribution in [0.4, 0.5) is 0 Å². The SMILES string of the molecule is c1csc(-c2nc3cccnc3n2C2CCCS2)c1. The molecule has 0 saturated carbocycles. The average Bonchev–Trinajstić information content (AvgIpc) is 3.17. The van der Waals surface area contributed by atoms with Gasteiger partial charge in [-0.2, -0.15) is 0 Å². The molecule has 96 valence electrons. The summed E-state index contributed by atoms with van der Waals surface area (Å²) in [6.45, 7) is 0. The summed E-state index contributed by atoms with van der Waals surface area (Å²) >= 11 is 3.76. The van der Waals surface area contributed by atoms with Gasteiger partial charge in [-0.3, -0.25) is 4.57 Å². The summed E-state index contributed by atoms with van der Waals surface area (Å²) in [7, 11) is 0. The molecule has 3 nitrogen and oxygen atoms in total. The minimum Gasteiger partial charge on any atom is -0.295 e. The van der Waals surface area contributed by atoms with E-state index in [-0.39, 0.29) is 0 Å². The van der Waals surface area contributed by atoms with Gasteiger partial charge in [-0.1, -0.05) is 6.07 Å². The van der Waals surface area contributed by atoms with Crippen molar-refractivity contribution in [3.05, 3.63) is 35.8 Å². The summed E-state index contributed by atoms with van der Waals surface area (Å²) in [5.41, 5.74) is 2.02. The van der Waals surface area contributed by atoms with Gasteiger partial charge in [0.05, 0.1) is 10.3 Å². The Labute approximate surface area is 119 Å². The van der Waals surface area contributed by atoms with E-state index in [1.165, 1.54) is 23.5 Å². The topological polar surface area (TPSA) is 30.7 Å². The third kappa shape index (κ3) is 1.88. The Kier molecular flexibility index (Phi) is 2.81. The molecule has 3 aromatic rings. The van der Waals surface area contributed by atoms with Crippen LogP contribution in [0.3, 0.4) is 0 Å². The van der Waals surface area contributed by atoms with Crippen molar-refractivity contribution in [2.75, 3.05) is 5.75 Å². The molecule has 4 heterocycles. The lowest BCUT2D eigenvalue weighted by Crippen LogP contribution is -2.04. The normalized spacial score (nSPS) is 19.3. The number of aromatic nitrogens is 3. The van der Waals surface area contributed by atoms with Crippen molar-refractivity contribution >= 4 is 34.3 Å². The van der Waals surface area contributed by atoms with Crippen LogP contribution in [0.15, 0.2) is 35.8 Å². The van der Waals surface area contributed by atoms with Crippen molar-refractivity contribution in [1.29, 1.82) is 0 Å². The maximum absolute atomic E-state index is 4.80. The van der Waals surface area contributed by atoms with Crippen LogP contribution in [-0.2, 0) is 0 Å². The Balaban J connectivity index is 1.98. The maximum atomic E-state index is 4.80. The number of rotatable bonds is 2. The Hall–Kier alpha value is -1.33. The van der Waals surface area contributed by atoms with Gasteiger partial charge in [0.25, 0.3) is 0 Å². The first kappa shape index (κ1) is 11.5. The predicted octanol–water partition coefficient (Wildman–Crippen LogP) is 4.19. The van der Waals surface area contributed by atoms with Gasteiger partial charge in [0.2, 0.25) is 0 Å². The first-order chi connectivity index (χ1) is 9.43. The van der Waals surface area contributed by atoms with Gasteiger partial charge in [0, 0.05) is 6.20 Å². The van der Waals surface area contributed by atoms with Crippen molar-refractivity contribution in [2.45, 2.75) is 18.2 Å². The zero-order valence-corrected chi connectivity index (χ0v) is 12.0. The molecular weight excluding hydrogens is 274 g/mol. The lowest BCUT2D eigenvalue weighted by molar-refractivity contribution is 0.661. The smallest absolute Gasteiger partial charge is 0.161 e. The summed E-state index contributed by atoms with van der Waals surface area (Å²) in [6, 6.07) is 8.23. The molecule has 0 amide bonds. The van der Waals surface area contributed by atoms with Crippen LogP contribution >= 0.6 is 23.1 Å². The molecule has 1 fully saturated rings. The van der Waals surface area contributed by atoms with Crippen LogP contribution in [0.25, 0.3) is 21.9 Å². The minimum atomic E-state index is 0.483. The van der Waals surface area contributed by atoms with Gasteiger partial charge >= 0.3 is 0 Å². The molecule has 5 heteroatoms. The highest BCUT2D eigenvalue weighted by Gasteiger charge is 2.24. The van der Waals surface area contributed by atoms with Gasteiger partial charge in [-0.05, 0) is 42.2 Å². The van der Waals surface area contributed by atoms with E-state index in [4.69, 9.17) is 4.98 Å². The number of pyridine rings is 1. The zero-order valence-electron chi connectivity index (χ0n) is 10.3. The molecular formula is C14H13N3S2. The van der Waals surface area contributed by atoms with E-state index in [0.717, 1.165) is 17.0 Å². The largest absolute Gasteiger partial charge is 0.295 e. The van der Waals surface area contributed by atoms with Gasteiger partial charge in [0.1, 0.15) is 5.52 Å². The van der Waals surface area contributed by atoms with Crippen LogP contribution in [-0.4, -0.2) is 20.3 Å².